The molecule has 1 N–H and O–H groups in total. The van der Waals surface area contributed by atoms with Crippen molar-refractivity contribution >= 4 is 6.09 Å². The molecule has 0 saturated carbocycles. The molecule has 3 unspecified atom stereocenters. The number of rotatable bonds is 3. The summed E-state index contributed by atoms with van der Waals surface area (Å²) in [6, 6.07) is 19.2. The molecule has 0 aliphatic carbocycles. The third kappa shape index (κ3) is 3.37. The summed E-state index contributed by atoms with van der Waals surface area (Å²) < 4.78 is 5.41. The average Bonchev–Trinajstić information content (AvgIpc) is 2.88. The lowest BCUT2D eigenvalue weighted by atomic mass is 9.95. The van der Waals surface area contributed by atoms with E-state index in [1.807, 2.05) is 67.6 Å². The standard InChI is InChI=1S/C19H21NO3/c1-14-12-17(21)20(18(14)16-10-6-3-7-11-16)19(22)23-13-15-8-4-2-5-9-15/h2-11,14,17-18,21H,12-13H2,1H3. The highest BCUT2D eigenvalue weighted by Crippen LogP contribution is 2.40. The molecule has 1 amide bonds. The summed E-state index contributed by atoms with van der Waals surface area (Å²) in [6.45, 7) is 2.25. The monoisotopic (exact) mass is 311 g/mol. The van der Waals surface area contributed by atoms with Gasteiger partial charge in [0.25, 0.3) is 0 Å². The molecule has 120 valence electrons. The van der Waals surface area contributed by atoms with Gasteiger partial charge in [-0.25, -0.2) is 4.79 Å². The summed E-state index contributed by atoms with van der Waals surface area (Å²) in [5, 5.41) is 10.3. The van der Waals surface area contributed by atoms with Gasteiger partial charge in [-0.3, -0.25) is 4.90 Å². The first-order chi connectivity index (χ1) is 11.2. The van der Waals surface area contributed by atoms with E-state index in [9.17, 15) is 9.90 Å². The first kappa shape index (κ1) is 15.6. The van der Waals surface area contributed by atoms with Crippen molar-refractivity contribution in [2.24, 2.45) is 5.92 Å². The minimum absolute atomic E-state index is 0.158. The van der Waals surface area contributed by atoms with E-state index < -0.39 is 12.3 Å². The summed E-state index contributed by atoms with van der Waals surface area (Å²) in [6.07, 6.45) is -0.724. The molecule has 4 nitrogen and oxygen atoms in total. The number of hydrogen-bond acceptors (Lipinski definition) is 3. The first-order valence-corrected chi connectivity index (χ1v) is 7.89. The third-order valence-electron chi connectivity index (χ3n) is 4.30. The van der Waals surface area contributed by atoms with Crippen LogP contribution in [-0.4, -0.2) is 22.3 Å². The second-order valence-electron chi connectivity index (χ2n) is 6.00. The van der Waals surface area contributed by atoms with Gasteiger partial charge < -0.3 is 9.84 Å². The number of benzene rings is 2. The topological polar surface area (TPSA) is 49.8 Å². The lowest BCUT2D eigenvalue weighted by molar-refractivity contribution is 0.00591. The van der Waals surface area contributed by atoms with Crippen LogP contribution in [0.2, 0.25) is 0 Å². The molecule has 1 aliphatic heterocycles. The molecule has 1 aliphatic rings. The zero-order valence-electron chi connectivity index (χ0n) is 13.1. The van der Waals surface area contributed by atoms with Crippen LogP contribution in [0.25, 0.3) is 0 Å². The summed E-state index contributed by atoms with van der Waals surface area (Å²) in [5.41, 5.74) is 1.95. The molecule has 1 saturated heterocycles. The Hall–Kier alpha value is -2.33. The Morgan fingerprint density at radius 3 is 2.39 bits per heavy atom. The highest BCUT2D eigenvalue weighted by Gasteiger charge is 2.42. The highest BCUT2D eigenvalue weighted by molar-refractivity contribution is 5.69. The van der Waals surface area contributed by atoms with Crippen LogP contribution in [0.3, 0.4) is 0 Å². The molecule has 4 heteroatoms. The third-order valence-corrected chi connectivity index (χ3v) is 4.30. The quantitative estimate of drug-likeness (QED) is 0.939. The van der Waals surface area contributed by atoms with Crippen LogP contribution < -0.4 is 0 Å². The second-order valence-corrected chi connectivity index (χ2v) is 6.00. The van der Waals surface area contributed by atoms with Crippen LogP contribution in [0.4, 0.5) is 4.79 Å². The maximum Gasteiger partial charge on any atom is 0.412 e. The van der Waals surface area contributed by atoms with Crippen molar-refractivity contribution in [3.05, 3.63) is 71.8 Å². The van der Waals surface area contributed by atoms with Crippen LogP contribution in [0.1, 0.15) is 30.5 Å². The Labute approximate surface area is 136 Å². The Bertz CT molecular complexity index is 644. The van der Waals surface area contributed by atoms with Gasteiger partial charge in [0.1, 0.15) is 12.8 Å². The van der Waals surface area contributed by atoms with Crippen molar-refractivity contribution in [1.82, 2.24) is 4.90 Å². The SMILES string of the molecule is CC1CC(O)N(C(=O)OCc2ccccc2)C1c1ccccc1. The van der Waals surface area contributed by atoms with E-state index in [4.69, 9.17) is 4.74 Å². The number of ether oxygens (including phenoxy) is 1. The predicted octanol–water partition coefficient (Wildman–Crippen LogP) is 3.72. The van der Waals surface area contributed by atoms with Crippen molar-refractivity contribution in [3.63, 3.8) is 0 Å². The Morgan fingerprint density at radius 1 is 1.13 bits per heavy atom. The fourth-order valence-electron chi connectivity index (χ4n) is 3.20. The second kappa shape index (κ2) is 6.84. The van der Waals surface area contributed by atoms with E-state index in [0.29, 0.717) is 6.42 Å². The molecule has 2 aromatic carbocycles. The number of carbonyl (C=O) groups excluding carboxylic acids is 1. The van der Waals surface area contributed by atoms with Gasteiger partial charge in [-0.1, -0.05) is 67.6 Å². The Balaban J connectivity index is 1.74. The molecule has 0 bridgehead atoms. The lowest BCUT2D eigenvalue weighted by Gasteiger charge is -2.28. The van der Waals surface area contributed by atoms with E-state index in [0.717, 1.165) is 11.1 Å². The fourth-order valence-corrected chi connectivity index (χ4v) is 3.20. The van der Waals surface area contributed by atoms with Gasteiger partial charge in [-0.05, 0) is 23.5 Å². The molecular formula is C19H21NO3. The summed E-state index contributed by atoms with van der Waals surface area (Å²) >= 11 is 0. The van der Waals surface area contributed by atoms with Crippen LogP contribution in [-0.2, 0) is 11.3 Å². The van der Waals surface area contributed by atoms with Crippen LogP contribution in [0.15, 0.2) is 60.7 Å². The number of hydrogen-bond donors (Lipinski definition) is 1. The predicted molar refractivity (Wildman–Crippen MR) is 87.4 cm³/mol. The molecule has 3 atom stereocenters. The van der Waals surface area contributed by atoms with Crippen molar-refractivity contribution in [2.45, 2.75) is 32.2 Å². The van der Waals surface area contributed by atoms with Gasteiger partial charge in [0.15, 0.2) is 0 Å². The summed E-state index contributed by atoms with van der Waals surface area (Å²) in [4.78, 5) is 14.0. The minimum Gasteiger partial charge on any atom is -0.444 e. The Morgan fingerprint density at radius 2 is 1.74 bits per heavy atom. The lowest BCUT2D eigenvalue weighted by Crippen LogP contribution is -2.38. The van der Waals surface area contributed by atoms with E-state index in [1.54, 1.807) is 0 Å². The number of aliphatic hydroxyl groups is 1. The molecule has 1 fully saturated rings. The number of likely N-dealkylation sites (tertiary alicyclic amines) is 1. The fraction of sp³-hybridized carbons (Fsp3) is 0.316. The average molecular weight is 311 g/mol. The van der Waals surface area contributed by atoms with Gasteiger partial charge in [-0.2, -0.15) is 0 Å². The molecule has 1 heterocycles. The van der Waals surface area contributed by atoms with Crippen molar-refractivity contribution in [3.8, 4) is 0 Å². The van der Waals surface area contributed by atoms with Crippen molar-refractivity contribution in [1.29, 1.82) is 0 Å². The highest BCUT2D eigenvalue weighted by atomic mass is 16.6. The number of aliphatic hydroxyl groups excluding tert-OH is 1. The van der Waals surface area contributed by atoms with Crippen LogP contribution in [0.5, 0.6) is 0 Å². The number of amides is 1. The molecule has 23 heavy (non-hydrogen) atoms. The van der Waals surface area contributed by atoms with Gasteiger partial charge in [-0.15, -0.1) is 0 Å². The normalized spacial score (nSPS) is 23.7. The summed E-state index contributed by atoms with van der Waals surface area (Å²) in [7, 11) is 0. The Kier molecular flexibility index (Phi) is 4.63. The largest absolute Gasteiger partial charge is 0.444 e. The van der Waals surface area contributed by atoms with E-state index >= 15 is 0 Å². The van der Waals surface area contributed by atoms with E-state index in [-0.39, 0.29) is 18.6 Å². The van der Waals surface area contributed by atoms with Gasteiger partial charge in [0.05, 0.1) is 6.04 Å². The zero-order chi connectivity index (χ0) is 16.2. The first-order valence-electron chi connectivity index (χ1n) is 7.89. The van der Waals surface area contributed by atoms with Gasteiger partial charge in [0, 0.05) is 0 Å². The molecule has 2 aromatic rings. The van der Waals surface area contributed by atoms with Crippen LogP contribution in [0, 0.1) is 5.92 Å². The van der Waals surface area contributed by atoms with Gasteiger partial charge in [0.2, 0.25) is 0 Å². The smallest absolute Gasteiger partial charge is 0.412 e. The number of carbonyl (C=O) groups is 1. The molecule has 0 aromatic heterocycles. The van der Waals surface area contributed by atoms with Crippen LogP contribution >= 0.6 is 0 Å². The molecule has 0 radical (unpaired) electrons. The maximum absolute atomic E-state index is 12.5. The molecular weight excluding hydrogens is 290 g/mol. The zero-order valence-corrected chi connectivity index (χ0v) is 13.1. The van der Waals surface area contributed by atoms with Gasteiger partial charge >= 0.3 is 6.09 Å². The molecule has 0 spiro atoms. The van der Waals surface area contributed by atoms with E-state index in [1.165, 1.54) is 4.90 Å². The molecule has 3 rings (SSSR count). The van der Waals surface area contributed by atoms with Crippen molar-refractivity contribution in [2.75, 3.05) is 0 Å². The number of nitrogens with zero attached hydrogens (tertiary/aromatic N) is 1. The maximum atomic E-state index is 12.5. The van der Waals surface area contributed by atoms with Crippen molar-refractivity contribution < 1.29 is 14.6 Å². The minimum atomic E-state index is -0.807. The van der Waals surface area contributed by atoms with E-state index in [2.05, 4.69) is 0 Å². The summed E-state index contributed by atoms with van der Waals surface area (Å²) in [5.74, 6) is 0.177.